The van der Waals surface area contributed by atoms with E-state index in [1.165, 1.54) is 51.4 Å². The van der Waals surface area contributed by atoms with Crippen LogP contribution in [-0.4, -0.2) is 64.6 Å². The number of aliphatic hydroxyl groups is 1. The summed E-state index contributed by atoms with van der Waals surface area (Å²) >= 11 is 0. The molecule has 0 radical (unpaired) electrons. The Morgan fingerprint density at radius 2 is 1.76 bits per heavy atom. The van der Waals surface area contributed by atoms with Crippen molar-refractivity contribution in [2.75, 3.05) is 20.1 Å². The van der Waals surface area contributed by atoms with Crippen LogP contribution >= 0.6 is 0 Å². The van der Waals surface area contributed by atoms with Crippen LogP contribution in [0.1, 0.15) is 83.5 Å². The fourth-order valence-electron chi connectivity index (χ4n) is 6.59. The Labute approximate surface area is 175 Å². The van der Waals surface area contributed by atoms with Crippen molar-refractivity contribution in [2.24, 2.45) is 22.6 Å². The van der Waals surface area contributed by atoms with Gasteiger partial charge in [-0.3, -0.25) is 14.6 Å². The molecule has 1 unspecified atom stereocenters. The topological polar surface area (TPSA) is 82.2 Å². The highest BCUT2D eigenvalue weighted by Gasteiger charge is 2.56. The van der Waals surface area contributed by atoms with Crippen LogP contribution in [0.2, 0.25) is 0 Å². The minimum Gasteiger partial charge on any atom is -0.392 e. The molecule has 3 atom stereocenters. The lowest BCUT2D eigenvalue weighted by atomic mass is 9.70. The number of β-amino-alcohol motifs (C(OH)–C–C–N with tert-alkyl or cyclic N) is 1. The number of nitrogens with two attached hydrogens (primary N) is 1. The summed E-state index contributed by atoms with van der Waals surface area (Å²) < 4.78 is 0. The highest BCUT2D eigenvalue weighted by atomic mass is 16.3. The van der Waals surface area contributed by atoms with Crippen molar-refractivity contribution in [2.45, 2.75) is 101 Å². The van der Waals surface area contributed by atoms with E-state index in [1.807, 2.05) is 0 Å². The molecule has 0 aromatic rings. The third-order valence-corrected chi connectivity index (χ3v) is 8.16. The summed E-state index contributed by atoms with van der Waals surface area (Å²) in [5.74, 6) is 1.64. The molecule has 2 heterocycles. The first-order valence-corrected chi connectivity index (χ1v) is 12.1. The Hall–Kier alpha value is -1.14. The molecule has 0 spiro atoms. The lowest BCUT2D eigenvalue weighted by molar-refractivity contribution is -0.134. The highest BCUT2D eigenvalue weighted by Crippen LogP contribution is 2.44. The van der Waals surface area contributed by atoms with E-state index in [1.54, 1.807) is 11.9 Å². The van der Waals surface area contributed by atoms with Crippen molar-refractivity contribution >= 4 is 11.9 Å². The summed E-state index contributed by atoms with van der Waals surface area (Å²) in [6, 6.07) is 0.0690. The lowest BCUT2D eigenvalue weighted by Crippen LogP contribution is -2.60. The Morgan fingerprint density at radius 3 is 2.31 bits per heavy atom. The average molecular weight is 405 g/mol. The van der Waals surface area contributed by atoms with Crippen LogP contribution in [0, 0.1) is 11.8 Å². The molecule has 4 rings (SSSR count). The van der Waals surface area contributed by atoms with E-state index in [0.29, 0.717) is 24.3 Å². The third kappa shape index (κ3) is 4.20. The second-order valence-electron chi connectivity index (χ2n) is 10.1. The van der Waals surface area contributed by atoms with Gasteiger partial charge in [-0.05, 0) is 43.9 Å². The fraction of sp³-hybridized carbons (Fsp3) is 0.913. The van der Waals surface area contributed by atoms with E-state index in [0.717, 1.165) is 38.6 Å². The maximum Gasteiger partial charge on any atom is 0.258 e. The number of likely N-dealkylation sites (N-methyl/N-ethyl adjacent to an activating group) is 1. The molecule has 3 N–H and O–H groups in total. The van der Waals surface area contributed by atoms with Crippen LogP contribution in [0.3, 0.4) is 0 Å². The highest BCUT2D eigenvalue weighted by molar-refractivity contribution is 6.07. The zero-order valence-corrected chi connectivity index (χ0v) is 18.2. The molecule has 164 valence electrons. The normalized spacial score (nSPS) is 34.0. The first-order chi connectivity index (χ1) is 14.0. The molecular formula is C23H40N4O2. The van der Waals surface area contributed by atoms with Crippen LogP contribution in [0.25, 0.3) is 0 Å². The monoisotopic (exact) mass is 404 g/mol. The van der Waals surface area contributed by atoms with Gasteiger partial charge in [0.2, 0.25) is 0 Å². The predicted octanol–water partition coefficient (Wildman–Crippen LogP) is 2.89. The lowest BCUT2D eigenvalue weighted by Gasteiger charge is -2.45. The van der Waals surface area contributed by atoms with Crippen molar-refractivity contribution in [3.05, 3.63) is 0 Å². The van der Waals surface area contributed by atoms with Gasteiger partial charge in [-0.25, -0.2) is 4.99 Å². The number of aliphatic hydroxyl groups excluding tert-OH is 1. The van der Waals surface area contributed by atoms with Crippen LogP contribution in [-0.2, 0) is 4.79 Å². The SMILES string of the molecule is CN1C(=O)[C@@](CCC2CCCCC2)(C(C2CCCCC2)N2CC[C@H](O)C2)N=C1N. The van der Waals surface area contributed by atoms with E-state index < -0.39 is 5.54 Å². The van der Waals surface area contributed by atoms with Crippen molar-refractivity contribution in [3.8, 4) is 0 Å². The molecule has 6 nitrogen and oxygen atoms in total. The molecule has 1 saturated heterocycles. The van der Waals surface area contributed by atoms with E-state index in [-0.39, 0.29) is 18.1 Å². The largest absolute Gasteiger partial charge is 0.392 e. The number of hydrogen-bond donors (Lipinski definition) is 2. The Morgan fingerprint density at radius 1 is 1.10 bits per heavy atom. The van der Waals surface area contributed by atoms with Crippen molar-refractivity contribution in [3.63, 3.8) is 0 Å². The Bertz CT molecular complexity index is 607. The van der Waals surface area contributed by atoms with Gasteiger partial charge in [-0.2, -0.15) is 0 Å². The molecule has 2 aliphatic heterocycles. The molecule has 1 amide bonds. The molecule has 0 bridgehead atoms. The first-order valence-electron chi connectivity index (χ1n) is 12.1. The maximum absolute atomic E-state index is 13.7. The Kier molecular flexibility index (Phi) is 6.50. The first kappa shape index (κ1) is 21.1. The van der Waals surface area contributed by atoms with Gasteiger partial charge in [0.05, 0.1) is 6.10 Å². The van der Waals surface area contributed by atoms with Gasteiger partial charge in [-0.15, -0.1) is 0 Å². The zero-order valence-electron chi connectivity index (χ0n) is 18.2. The molecule has 2 aliphatic carbocycles. The minimum atomic E-state index is -0.762. The summed E-state index contributed by atoms with van der Waals surface area (Å²) in [4.78, 5) is 22.6. The minimum absolute atomic E-state index is 0.0690. The van der Waals surface area contributed by atoms with Crippen molar-refractivity contribution < 1.29 is 9.90 Å². The molecule has 3 fully saturated rings. The van der Waals surface area contributed by atoms with Crippen molar-refractivity contribution in [1.29, 1.82) is 0 Å². The number of carbonyl (C=O) groups is 1. The van der Waals surface area contributed by atoms with Gasteiger partial charge in [-0.1, -0.05) is 51.4 Å². The molecule has 0 aromatic heterocycles. The summed E-state index contributed by atoms with van der Waals surface area (Å²) in [6.07, 6.45) is 15.0. The second kappa shape index (κ2) is 8.93. The van der Waals surface area contributed by atoms with Crippen LogP contribution in [0.5, 0.6) is 0 Å². The van der Waals surface area contributed by atoms with Crippen LogP contribution in [0.15, 0.2) is 4.99 Å². The quantitative estimate of drug-likeness (QED) is 0.713. The maximum atomic E-state index is 13.7. The summed E-state index contributed by atoms with van der Waals surface area (Å²) in [5, 5.41) is 10.3. The molecular weight excluding hydrogens is 364 g/mol. The standard InChI is InChI=1S/C23H40N4O2/c1-26-21(29)23(25-22(26)24,14-12-17-8-4-2-5-9-17)20(18-10-6-3-7-11-18)27-15-13-19(28)16-27/h17-20,28H,2-16H2,1H3,(H2,24,25)/t19-,20?,23+/m0/s1. The van der Waals surface area contributed by atoms with Crippen molar-refractivity contribution in [1.82, 2.24) is 9.80 Å². The van der Waals surface area contributed by atoms with E-state index in [2.05, 4.69) is 4.90 Å². The average Bonchev–Trinajstić information content (AvgIpc) is 3.26. The summed E-state index contributed by atoms with van der Waals surface area (Å²) in [5.41, 5.74) is 5.47. The number of nitrogens with zero attached hydrogens (tertiary/aromatic N) is 3. The van der Waals surface area contributed by atoms with Gasteiger partial charge in [0.15, 0.2) is 11.5 Å². The molecule has 4 aliphatic rings. The molecule has 2 saturated carbocycles. The predicted molar refractivity (Wildman–Crippen MR) is 115 cm³/mol. The van der Waals surface area contributed by atoms with E-state index >= 15 is 0 Å². The Balaban J connectivity index is 1.65. The number of amides is 1. The van der Waals surface area contributed by atoms with Crippen LogP contribution < -0.4 is 5.73 Å². The van der Waals surface area contributed by atoms with Gasteiger partial charge in [0.1, 0.15) is 0 Å². The van der Waals surface area contributed by atoms with Crippen LogP contribution in [0.4, 0.5) is 0 Å². The van der Waals surface area contributed by atoms with Gasteiger partial charge >= 0.3 is 0 Å². The zero-order chi connectivity index (χ0) is 20.4. The van der Waals surface area contributed by atoms with E-state index in [4.69, 9.17) is 10.7 Å². The number of hydrogen-bond acceptors (Lipinski definition) is 5. The smallest absolute Gasteiger partial charge is 0.258 e. The van der Waals surface area contributed by atoms with Gasteiger partial charge < -0.3 is 10.8 Å². The summed E-state index contributed by atoms with van der Waals surface area (Å²) in [7, 11) is 1.78. The number of rotatable bonds is 6. The van der Waals surface area contributed by atoms with E-state index in [9.17, 15) is 9.90 Å². The molecule has 0 aromatic carbocycles. The number of guanidine groups is 1. The number of likely N-dealkylation sites (tertiary alicyclic amines) is 1. The summed E-state index contributed by atoms with van der Waals surface area (Å²) in [6.45, 7) is 1.53. The second-order valence-corrected chi connectivity index (χ2v) is 10.1. The third-order valence-electron chi connectivity index (χ3n) is 8.16. The molecule has 6 heteroatoms. The number of carbonyl (C=O) groups excluding carboxylic acids is 1. The number of aliphatic imine (C=N–C) groups is 1. The fourth-order valence-corrected chi connectivity index (χ4v) is 6.59. The van der Waals surface area contributed by atoms with Gasteiger partial charge in [0, 0.05) is 26.2 Å². The van der Waals surface area contributed by atoms with Gasteiger partial charge in [0.25, 0.3) is 5.91 Å². The molecule has 29 heavy (non-hydrogen) atoms.